The van der Waals surface area contributed by atoms with E-state index in [4.69, 9.17) is 4.98 Å². The molecule has 0 aliphatic carbocycles. The largest absolute Gasteiger partial charge is 0.310 e. The maximum atomic E-state index is 4.69. The molecule has 0 N–H and O–H groups in total. The van der Waals surface area contributed by atoms with Gasteiger partial charge in [-0.1, -0.05) is 127 Å². The fourth-order valence-electron chi connectivity index (χ4n) is 8.59. The third-order valence-corrected chi connectivity index (χ3v) is 13.9. The van der Waals surface area contributed by atoms with Crippen LogP contribution in [0.1, 0.15) is 0 Å². The van der Waals surface area contributed by atoms with E-state index in [1.54, 1.807) is 0 Å². The molecule has 4 heteroatoms. The lowest BCUT2D eigenvalue weighted by Gasteiger charge is -2.26. The number of fused-ring (bicyclic) bond motifs is 11. The predicted octanol–water partition coefficient (Wildman–Crippen LogP) is 16.1. The third kappa shape index (κ3) is 5.33. The Morgan fingerprint density at radius 1 is 0.333 bits per heavy atom. The zero-order chi connectivity index (χ0) is 37.5. The van der Waals surface area contributed by atoms with Crippen molar-refractivity contribution in [3.05, 3.63) is 194 Å². The predicted molar refractivity (Wildman–Crippen MR) is 248 cm³/mol. The summed E-state index contributed by atoms with van der Waals surface area (Å²) in [5, 5.41) is 11.5. The number of benzene rings is 9. The average molecular weight is 761 g/mol. The summed E-state index contributed by atoms with van der Waals surface area (Å²) in [7, 11) is 0. The number of para-hydroxylation sites is 1. The van der Waals surface area contributed by atoms with Crippen LogP contribution in [0, 0.1) is 0 Å². The summed E-state index contributed by atoms with van der Waals surface area (Å²) in [5.41, 5.74) is 9.04. The zero-order valence-electron chi connectivity index (χ0n) is 30.7. The molecule has 9 aromatic carbocycles. The Bertz CT molecular complexity index is 3370. The Morgan fingerprint density at radius 2 is 0.807 bits per heavy atom. The Kier molecular flexibility index (Phi) is 7.31. The highest BCUT2D eigenvalue weighted by Crippen LogP contribution is 2.45. The van der Waals surface area contributed by atoms with Crippen molar-refractivity contribution < 1.29 is 0 Å². The highest BCUT2D eigenvalue weighted by molar-refractivity contribution is 7.27. The van der Waals surface area contributed by atoms with Crippen molar-refractivity contribution in [1.29, 1.82) is 0 Å². The minimum absolute atomic E-state index is 1.01. The molecule has 3 aromatic heterocycles. The monoisotopic (exact) mass is 760 g/mol. The molecule has 0 aliphatic rings. The fraction of sp³-hybridized carbons (Fsp3) is 0. The van der Waals surface area contributed by atoms with Crippen LogP contribution in [-0.2, 0) is 0 Å². The van der Waals surface area contributed by atoms with Gasteiger partial charge in [0.2, 0.25) is 0 Å². The van der Waals surface area contributed by atoms with Gasteiger partial charge in [0, 0.05) is 85.3 Å². The van der Waals surface area contributed by atoms with E-state index in [0.29, 0.717) is 0 Å². The van der Waals surface area contributed by atoms with Crippen LogP contribution in [-0.4, -0.2) is 4.98 Å². The van der Waals surface area contributed by atoms with Crippen molar-refractivity contribution in [3.63, 3.8) is 0 Å². The SMILES string of the molecule is c1ccc2ncc(-c3ccc(-c4ccc(N(c5ccc6ccc7c8ccccc8sc7c6c5)c5ccc6ccc7c8ccccc8sc7c6c5)cc4)cc3)cc2c1. The summed E-state index contributed by atoms with van der Waals surface area (Å²) < 4.78 is 5.31. The highest BCUT2D eigenvalue weighted by atomic mass is 32.1. The van der Waals surface area contributed by atoms with Crippen LogP contribution in [0.5, 0.6) is 0 Å². The third-order valence-electron chi connectivity index (χ3n) is 11.5. The number of hydrogen-bond donors (Lipinski definition) is 0. The number of anilines is 3. The average Bonchev–Trinajstić information content (AvgIpc) is 3.86. The van der Waals surface area contributed by atoms with Gasteiger partial charge >= 0.3 is 0 Å². The molecule has 0 radical (unpaired) electrons. The van der Waals surface area contributed by atoms with E-state index >= 15 is 0 Å². The summed E-state index contributed by atoms with van der Waals surface area (Å²) >= 11 is 3.77. The number of nitrogens with zero attached hydrogens (tertiary/aromatic N) is 2. The Balaban J connectivity index is 0.990. The lowest BCUT2D eigenvalue weighted by atomic mass is 9.99. The maximum absolute atomic E-state index is 4.69. The first-order chi connectivity index (χ1) is 28.2. The second-order valence-electron chi connectivity index (χ2n) is 14.8. The van der Waals surface area contributed by atoms with Crippen molar-refractivity contribution in [2.24, 2.45) is 0 Å². The first-order valence-corrected chi connectivity index (χ1v) is 20.9. The summed E-state index contributed by atoms with van der Waals surface area (Å²) in [5.74, 6) is 0. The molecule has 12 rings (SSSR count). The molecular formula is C53H32N2S2. The molecule has 0 unspecified atom stereocenters. The van der Waals surface area contributed by atoms with Gasteiger partial charge in [0.05, 0.1) is 5.52 Å². The van der Waals surface area contributed by atoms with E-state index < -0.39 is 0 Å². The molecule has 0 fully saturated rings. The number of pyridine rings is 1. The van der Waals surface area contributed by atoms with Crippen LogP contribution in [0.15, 0.2) is 194 Å². The van der Waals surface area contributed by atoms with E-state index in [1.807, 2.05) is 34.9 Å². The molecular weight excluding hydrogens is 729 g/mol. The molecule has 0 amide bonds. The van der Waals surface area contributed by atoms with Gasteiger partial charge in [0.1, 0.15) is 0 Å². The Morgan fingerprint density at radius 3 is 1.40 bits per heavy atom. The van der Waals surface area contributed by atoms with Gasteiger partial charge in [-0.25, -0.2) is 0 Å². The number of thiophene rings is 2. The van der Waals surface area contributed by atoms with Crippen molar-refractivity contribution in [2.75, 3.05) is 4.90 Å². The standard InChI is InChI=1S/C53H32N2S2/c1-4-10-49-38(7-1)29-39(32-54-49)35-15-13-33(14-16-35)34-17-23-40(24-18-34)55(41-25-19-36-21-27-45-43-8-2-5-11-50(43)56-52(45)47(36)30-41)42-26-20-37-22-28-46-44-9-3-6-12-51(44)57-53(46)48(37)31-42/h1-32H. The van der Waals surface area contributed by atoms with Crippen molar-refractivity contribution in [1.82, 2.24) is 4.98 Å². The number of aromatic nitrogens is 1. The van der Waals surface area contributed by atoms with Crippen molar-refractivity contribution >= 4 is 113 Å². The smallest absolute Gasteiger partial charge is 0.0702 e. The Labute approximate surface area is 337 Å². The van der Waals surface area contributed by atoms with Gasteiger partial charge in [-0.05, 0) is 88.1 Å². The topological polar surface area (TPSA) is 16.1 Å². The highest BCUT2D eigenvalue weighted by Gasteiger charge is 2.18. The second kappa shape index (κ2) is 12.9. The van der Waals surface area contributed by atoms with Gasteiger partial charge in [-0.3, -0.25) is 4.98 Å². The van der Waals surface area contributed by atoms with Crippen molar-refractivity contribution in [2.45, 2.75) is 0 Å². The molecule has 0 saturated carbocycles. The van der Waals surface area contributed by atoms with Crippen LogP contribution >= 0.6 is 22.7 Å². The summed E-state index contributed by atoms with van der Waals surface area (Å²) in [6.45, 7) is 0. The molecule has 0 bridgehead atoms. The first kappa shape index (κ1) is 32.4. The second-order valence-corrected chi connectivity index (χ2v) is 16.9. The molecule has 57 heavy (non-hydrogen) atoms. The molecule has 0 spiro atoms. The minimum Gasteiger partial charge on any atom is -0.310 e. The molecule has 0 aliphatic heterocycles. The van der Waals surface area contributed by atoms with Crippen LogP contribution in [0.25, 0.3) is 95.0 Å². The molecule has 2 nitrogen and oxygen atoms in total. The van der Waals surface area contributed by atoms with Gasteiger partial charge in [-0.2, -0.15) is 0 Å². The lowest BCUT2D eigenvalue weighted by molar-refractivity contribution is 1.30. The van der Waals surface area contributed by atoms with Crippen molar-refractivity contribution in [3.8, 4) is 22.3 Å². The van der Waals surface area contributed by atoms with E-state index in [1.165, 1.54) is 73.0 Å². The van der Waals surface area contributed by atoms with E-state index in [-0.39, 0.29) is 0 Å². The van der Waals surface area contributed by atoms with E-state index in [0.717, 1.165) is 39.1 Å². The van der Waals surface area contributed by atoms with Crippen LogP contribution in [0.4, 0.5) is 17.1 Å². The van der Waals surface area contributed by atoms with Crippen LogP contribution < -0.4 is 4.90 Å². The van der Waals surface area contributed by atoms with Crippen LogP contribution in [0.2, 0.25) is 0 Å². The normalized spacial score (nSPS) is 11.9. The number of hydrogen-bond acceptors (Lipinski definition) is 4. The molecule has 0 atom stereocenters. The molecule has 12 aromatic rings. The molecule has 3 heterocycles. The van der Waals surface area contributed by atoms with Crippen LogP contribution in [0.3, 0.4) is 0 Å². The quantitative estimate of drug-likeness (QED) is 0.174. The summed E-state index contributed by atoms with van der Waals surface area (Å²) in [6.07, 6.45) is 1.97. The molecule has 0 saturated heterocycles. The number of rotatable bonds is 5. The molecule has 266 valence electrons. The maximum Gasteiger partial charge on any atom is 0.0702 e. The van der Waals surface area contributed by atoms with Gasteiger partial charge in [0.15, 0.2) is 0 Å². The zero-order valence-corrected chi connectivity index (χ0v) is 32.3. The Hall–Kier alpha value is -6.85. The van der Waals surface area contributed by atoms with E-state index in [2.05, 4.69) is 187 Å². The minimum atomic E-state index is 1.01. The van der Waals surface area contributed by atoms with Gasteiger partial charge < -0.3 is 4.90 Å². The van der Waals surface area contributed by atoms with E-state index in [9.17, 15) is 0 Å². The first-order valence-electron chi connectivity index (χ1n) is 19.3. The summed E-state index contributed by atoms with van der Waals surface area (Å²) in [4.78, 5) is 7.12. The fourth-order valence-corrected chi connectivity index (χ4v) is 11.1. The summed E-state index contributed by atoms with van der Waals surface area (Å²) in [6, 6.07) is 69.0. The van der Waals surface area contributed by atoms with Gasteiger partial charge in [-0.15, -0.1) is 22.7 Å². The van der Waals surface area contributed by atoms with Gasteiger partial charge in [0.25, 0.3) is 0 Å². The lowest BCUT2D eigenvalue weighted by Crippen LogP contribution is -2.10.